The fourth-order valence-corrected chi connectivity index (χ4v) is 11.0. The highest BCUT2D eigenvalue weighted by atomic mass is 16.6. The predicted molar refractivity (Wildman–Crippen MR) is 407 cm³/mol. The van der Waals surface area contributed by atoms with E-state index in [4.69, 9.17) is 9.47 Å². The Morgan fingerprint density at radius 2 is 0.467 bits per heavy atom. The molecule has 0 aromatic rings. The monoisotopic (exact) mass is 1270 g/mol. The van der Waals surface area contributed by atoms with Gasteiger partial charge in [-0.3, -0.25) is 9.59 Å². The van der Waals surface area contributed by atoms with E-state index in [1.165, 1.54) is 212 Å². The van der Waals surface area contributed by atoms with Gasteiger partial charge in [0.15, 0.2) is 6.10 Å². The Balaban J connectivity index is 3.50. The summed E-state index contributed by atoms with van der Waals surface area (Å²) in [5.41, 5.74) is 0. The van der Waals surface area contributed by atoms with E-state index >= 15 is 0 Å². The quantitative estimate of drug-likeness (QED) is 0.0373. The summed E-state index contributed by atoms with van der Waals surface area (Å²) in [6.45, 7) is 4.03. The van der Waals surface area contributed by atoms with Crippen LogP contribution in [0.4, 0.5) is 0 Å². The van der Waals surface area contributed by atoms with Gasteiger partial charge in [0.25, 0.3) is 0 Å². The minimum absolute atomic E-state index is 0.0739. The van der Waals surface area contributed by atoms with Gasteiger partial charge in [0.2, 0.25) is 0 Å². The Hall–Kier alpha value is -4.48. The van der Waals surface area contributed by atoms with Crippen molar-refractivity contribution in [1.82, 2.24) is 0 Å². The molecule has 0 fully saturated rings. The average Bonchev–Trinajstić information content (AvgIpc) is 3.75. The van der Waals surface area contributed by atoms with Crippen molar-refractivity contribution in [2.24, 2.45) is 0 Å². The summed E-state index contributed by atoms with van der Waals surface area (Å²) < 4.78 is 10.8. The van der Waals surface area contributed by atoms with Crippen molar-refractivity contribution < 1.29 is 24.2 Å². The first-order valence-electron chi connectivity index (χ1n) is 39.0. The minimum atomic E-state index is -0.787. The van der Waals surface area contributed by atoms with Crippen molar-refractivity contribution >= 4 is 11.9 Å². The highest BCUT2D eigenvalue weighted by Crippen LogP contribution is 2.18. The molecular formula is C87H146O5. The Kier molecular flexibility index (Phi) is 76.8. The summed E-state index contributed by atoms with van der Waals surface area (Å²) in [7, 11) is 0. The van der Waals surface area contributed by atoms with Gasteiger partial charge in [0.05, 0.1) is 6.61 Å². The molecule has 0 amide bonds. The number of aliphatic hydroxyl groups excluding tert-OH is 1. The van der Waals surface area contributed by atoms with Gasteiger partial charge in [-0.1, -0.05) is 377 Å². The Morgan fingerprint density at radius 3 is 0.707 bits per heavy atom. The molecule has 0 aliphatic carbocycles. The molecule has 1 atom stereocenters. The molecule has 0 spiro atoms. The molecule has 0 bridgehead atoms. The van der Waals surface area contributed by atoms with Crippen LogP contribution >= 0.6 is 0 Å². The van der Waals surface area contributed by atoms with E-state index in [1.54, 1.807) is 0 Å². The maximum atomic E-state index is 12.4. The van der Waals surface area contributed by atoms with Crippen molar-refractivity contribution in [3.63, 3.8) is 0 Å². The number of esters is 2. The van der Waals surface area contributed by atoms with Crippen LogP contribution in [0.25, 0.3) is 0 Å². The molecule has 5 nitrogen and oxygen atoms in total. The number of unbranched alkanes of at least 4 members (excludes halogenated alkanes) is 37. The van der Waals surface area contributed by atoms with Gasteiger partial charge in [-0.25, -0.2) is 0 Å². The molecule has 1 N–H and O–H groups in total. The van der Waals surface area contributed by atoms with Gasteiger partial charge in [0, 0.05) is 12.8 Å². The summed E-state index contributed by atoms with van der Waals surface area (Å²) in [4.78, 5) is 24.7. The van der Waals surface area contributed by atoms with E-state index in [0.717, 1.165) is 122 Å². The summed E-state index contributed by atoms with van der Waals surface area (Å²) in [6.07, 6.45) is 123. The molecule has 0 saturated carbocycles. The summed E-state index contributed by atoms with van der Waals surface area (Å²) in [5, 5.41) is 9.72. The van der Waals surface area contributed by atoms with Crippen LogP contribution in [0.15, 0.2) is 158 Å². The largest absolute Gasteiger partial charge is 0.462 e. The standard InChI is InChI=1S/C87H146O5/c1-3-5-7-9-11-13-15-17-19-21-23-25-27-29-31-33-35-37-39-41-43-45-47-49-51-53-55-57-59-61-63-65-67-69-71-73-75-77-79-81-86(89)91-84-85(83-88)92-87(90)82-80-78-76-74-72-70-68-66-64-62-60-58-56-54-52-50-48-46-44-42-40-38-36-34-32-30-28-26-24-22-20-18-16-14-12-10-8-6-4-2/h6,8,12,14-15,17-18,20-21,23-24,26-27,29-30,32,36,38,42,44,48,50,54,56,60,62,85,88H,3-5,7,9-11,13,16,19,22,25,28,31,33-35,37,39-41,43,45-47,49,51-53,55,57-59,61,63-84H2,1-2H3/b8-6-,14-12-,17-15-,20-18-,23-21-,26-24-,29-27-,32-30-,38-36-,44-42-,50-48-,56-54-,62-60-. The maximum absolute atomic E-state index is 12.4. The molecule has 0 radical (unpaired) electrons. The Bertz CT molecular complexity index is 1930. The third kappa shape index (κ3) is 78.0. The van der Waals surface area contributed by atoms with Crippen LogP contribution in [0.2, 0.25) is 0 Å². The van der Waals surface area contributed by atoms with Gasteiger partial charge in [-0.2, -0.15) is 0 Å². The molecule has 524 valence electrons. The number of hydrogen-bond acceptors (Lipinski definition) is 5. The first-order valence-corrected chi connectivity index (χ1v) is 39.0. The second-order valence-electron chi connectivity index (χ2n) is 25.7. The molecule has 0 aromatic carbocycles. The third-order valence-electron chi connectivity index (χ3n) is 16.8. The lowest BCUT2D eigenvalue weighted by molar-refractivity contribution is -0.161. The van der Waals surface area contributed by atoms with Crippen LogP contribution < -0.4 is 0 Å². The third-order valence-corrected chi connectivity index (χ3v) is 16.8. The van der Waals surface area contributed by atoms with E-state index in [9.17, 15) is 14.7 Å². The number of ether oxygens (including phenoxy) is 2. The molecule has 0 aromatic heterocycles. The van der Waals surface area contributed by atoms with Crippen LogP contribution in [-0.2, 0) is 19.1 Å². The molecule has 0 aliphatic rings. The normalized spacial score (nSPS) is 13.1. The van der Waals surface area contributed by atoms with Crippen LogP contribution in [0.1, 0.15) is 361 Å². The summed E-state index contributed by atoms with van der Waals surface area (Å²) in [5.74, 6) is -0.595. The topological polar surface area (TPSA) is 72.8 Å². The fourth-order valence-electron chi connectivity index (χ4n) is 11.0. The summed E-state index contributed by atoms with van der Waals surface area (Å²) in [6, 6.07) is 0. The van der Waals surface area contributed by atoms with E-state index in [-0.39, 0.29) is 25.2 Å². The van der Waals surface area contributed by atoms with Crippen molar-refractivity contribution in [2.75, 3.05) is 13.2 Å². The first-order chi connectivity index (χ1) is 45.6. The van der Waals surface area contributed by atoms with Gasteiger partial charge >= 0.3 is 11.9 Å². The average molecular weight is 1270 g/mol. The van der Waals surface area contributed by atoms with Crippen molar-refractivity contribution in [2.45, 2.75) is 367 Å². The van der Waals surface area contributed by atoms with Crippen LogP contribution in [0.3, 0.4) is 0 Å². The molecule has 5 heteroatoms. The second-order valence-corrected chi connectivity index (χ2v) is 25.7. The zero-order valence-corrected chi connectivity index (χ0v) is 60.3. The van der Waals surface area contributed by atoms with Crippen LogP contribution in [0, 0.1) is 0 Å². The number of aliphatic hydroxyl groups is 1. The minimum Gasteiger partial charge on any atom is -0.462 e. The van der Waals surface area contributed by atoms with E-state index in [0.29, 0.717) is 12.8 Å². The molecule has 0 rings (SSSR count). The SMILES string of the molecule is CC/C=C\C/C=C\C/C=C\C/C=C\C/C=C\C/C=C\C/C=C\C/C=C\C/C=C\C/C=C\CCCCCCCCCCC(=O)OC(CO)COC(=O)CCCCCCCCCCCCCCCCCCCCCCCCCC/C=C\C/C=C\C/C=C\CCCCCCC. The van der Waals surface area contributed by atoms with Gasteiger partial charge in [0.1, 0.15) is 6.61 Å². The Morgan fingerprint density at radius 1 is 0.261 bits per heavy atom. The number of allylic oxidation sites excluding steroid dienone is 26. The van der Waals surface area contributed by atoms with Crippen LogP contribution in [0.5, 0.6) is 0 Å². The lowest BCUT2D eigenvalue weighted by Gasteiger charge is -2.15. The number of hydrogen-bond donors (Lipinski definition) is 1. The number of carbonyl (C=O) groups is 2. The van der Waals surface area contributed by atoms with Crippen molar-refractivity contribution in [3.8, 4) is 0 Å². The van der Waals surface area contributed by atoms with E-state index in [2.05, 4.69) is 172 Å². The highest BCUT2D eigenvalue weighted by Gasteiger charge is 2.16. The van der Waals surface area contributed by atoms with Crippen molar-refractivity contribution in [3.05, 3.63) is 158 Å². The van der Waals surface area contributed by atoms with Gasteiger partial charge in [-0.05, 0) is 128 Å². The highest BCUT2D eigenvalue weighted by molar-refractivity contribution is 5.70. The van der Waals surface area contributed by atoms with E-state index < -0.39 is 6.10 Å². The number of carbonyl (C=O) groups excluding carboxylic acids is 2. The van der Waals surface area contributed by atoms with Crippen molar-refractivity contribution in [1.29, 1.82) is 0 Å². The second kappa shape index (κ2) is 80.8. The Labute approximate surface area is 571 Å². The van der Waals surface area contributed by atoms with Gasteiger partial charge in [-0.15, -0.1) is 0 Å². The molecule has 0 aliphatic heterocycles. The lowest BCUT2D eigenvalue weighted by Crippen LogP contribution is -2.28. The predicted octanol–water partition coefficient (Wildman–Crippen LogP) is 27.8. The molecule has 0 heterocycles. The van der Waals surface area contributed by atoms with E-state index in [1.807, 2.05) is 0 Å². The zero-order valence-electron chi connectivity index (χ0n) is 60.3. The molecule has 1 unspecified atom stereocenters. The molecule has 92 heavy (non-hydrogen) atoms. The molecular weight excluding hydrogens is 1120 g/mol. The fraction of sp³-hybridized carbons (Fsp3) is 0.678. The first kappa shape index (κ1) is 87.5. The smallest absolute Gasteiger partial charge is 0.306 e. The number of rotatable bonds is 71. The maximum Gasteiger partial charge on any atom is 0.306 e. The molecule has 0 saturated heterocycles. The van der Waals surface area contributed by atoms with Crippen LogP contribution in [-0.4, -0.2) is 36.4 Å². The summed E-state index contributed by atoms with van der Waals surface area (Å²) >= 11 is 0. The lowest BCUT2D eigenvalue weighted by atomic mass is 10.0. The van der Waals surface area contributed by atoms with Gasteiger partial charge < -0.3 is 14.6 Å². The zero-order chi connectivity index (χ0) is 66.1.